The maximum atomic E-state index is 14.1. The summed E-state index contributed by atoms with van der Waals surface area (Å²) >= 11 is 0. The van der Waals surface area contributed by atoms with Gasteiger partial charge in [-0.15, -0.1) is 0 Å². The Morgan fingerprint density at radius 2 is 1.86 bits per heavy atom. The maximum absolute atomic E-state index is 14.1. The molecule has 0 bridgehead atoms. The Morgan fingerprint density at radius 3 is 2.44 bits per heavy atom. The Kier molecular flexibility index (Phi) is 9.31. The van der Waals surface area contributed by atoms with Crippen molar-refractivity contribution in [3.63, 3.8) is 0 Å². The second kappa shape index (κ2) is 12.5. The van der Waals surface area contributed by atoms with Crippen molar-refractivity contribution in [1.82, 2.24) is 10.2 Å². The number of carbonyl (C=O) groups is 3. The number of phenols is 1. The molecule has 1 unspecified atom stereocenters. The molecular weight excluding hydrogens is 552 g/mol. The van der Waals surface area contributed by atoms with E-state index in [4.69, 9.17) is 5.73 Å². The van der Waals surface area contributed by atoms with Gasteiger partial charge < -0.3 is 41.3 Å². The van der Waals surface area contributed by atoms with Gasteiger partial charge in [-0.2, -0.15) is 0 Å². The first-order valence-electron chi connectivity index (χ1n) is 14.3. The number of phenolic OH excluding ortho intramolecular Hbond substituents is 1. The lowest BCUT2D eigenvalue weighted by molar-refractivity contribution is -0.163. The number of aliphatic hydroxyl groups excluding tert-OH is 2. The molecule has 4 atom stereocenters. The van der Waals surface area contributed by atoms with Crippen LogP contribution < -0.4 is 16.0 Å². The third-order valence-corrected chi connectivity index (χ3v) is 8.76. The fourth-order valence-corrected chi connectivity index (χ4v) is 6.64. The number of carbonyl (C=O) groups excluding carboxylic acids is 3. The van der Waals surface area contributed by atoms with Gasteiger partial charge in [-0.3, -0.25) is 14.4 Å². The van der Waals surface area contributed by atoms with Crippen LogP contribution in [0.25, 0.3) is 5.76 Å². The number of aromatic hydroxyl groups is 1. The summed E-state index contributed by atoms with van der Waals surface area (Å²) in [5.74, 6) is -5.57. The fraction of sp³-hybridized carbons (Fsp3) is 0.469. The quantitative estimate of drug-likeness (QED) is 0.208. The zero-order valence-electron chi connectivity index (χ0n) is 25.3. The summed E-state index contributed by atoms with van der Waals surface area (Å²) in [7, 11) is 6.99. The number of rotatable bonds is 11. The molecule has 11 heteroatoms. The molecule has 0 aliphatic heterocycles. The topological polar surface area (TPSA) is 177 Å². The van der Waals surface area contributed by atoms with Gasteiger partial charge in [0, 0.05) is 57.4 Å². The van der Waals surface area contributed by atoms with E-state index < -0.39 is 59.7 Å². The van der Waals surface area contributed by atoms with Crippen LogP contribution in [0.4, 0.5) is 5.69 Å². The molecule has 2 aromatic carbocycles. The minimum atomic E-state index is -2.71. The molecule has 234 valence electrons. The number of likely N-dealkylation sites (N-methyl/N-ethyl adjacent to an activating group) is 1. The summed E-state index contributed by atoms with van der Waals surface area (Å²) in [5, 5.41) is 48.4. The van der Waals surface area contributed by atoms with Crippen LogP contribution in [-0.4, -0.2) is 89.2 Å². The van der Waals surface area contributed by atoms with Crippen molar-refractivity contribution in [2.75, 3.05) is 39.7 Å². The number of anilines is 1. The van der Waals surface area contributed by atoms with Gasteiger partial charge in [0.05, 0.1) is 18.6 Å². The standard InChI is InChI=1S/C32H42N4O7.H2/c1-17-7-6-8-18(9-17)14-34-15-20-12-23(35(2)3)21-10-19-11-22(24(16-37)36(4)5)32(43,25(38)13-26(33)39)31(42)27(19)30(41)28(21)29(20)40;/h6-9,12,19,22,24,34,37,40-41,43H,10-11,13-16H2,1-5H3,(H2,33,39);1H/t19?,22-,24+,32+;/m0./s1. The van der Waals surface area contributed by atoms with E-state index in [1.54, 1.807) is 19.0 Å². The average molecular weight is 597 g/mol. The van der Waals surface area contributed by atoms with Crippen molar-refractivity contribution in [3.8, 4) is 5.75 Å². The highest BCUT2D eigenvalue weighted by atomic mass is 16.3. The van der Waals surface area contributed by atoms with Crippen LogP contribution in [-0.2, 0) is 33.9 Å². The molecule has 0 aromatic heterocycles. The number of nitrogens with one attached hydrogen (secondary N) is 1. The fourth-order valence-electron chi connectivity index (χ4n) is 6.64. The number of nitrogens with zero attached hydrogens (tertiary/aromatic N) is 2. The second-order valence-electron chi connectivity index (χ2n) is 12.1. The molecule has 2 aromatic rings. The zero-order chi connectivity index (χ0) is 31.8. The molecule has 0 spiro atoms. The Hall–Kier alpha value is -3.77. The highest BCUT2D eigenvalue weighted by Crippen LogP contribution is 2.51. The van der Waals surface area contributed by atoms with Crippen LogP contribution in [0.3, 0.4) is 0 Å². The van der Waals surface area contributed by atoms with Crippen LogP contribution in [0.5, 0.6) is 5.75 Å². The Bertz CT molecular complexity index is 1470. The number of primary amides is 1. The molecule has 1 saturated carbocycles. The van der Waals surface area contributed by atoms with Crippen molar-refractivity contribution in [1.29, 1.82) is 0 Å². The van der Waals surface area contributed by atoms with Gasteiger partial charge in [0.15, 0.2) is 11.4 Å². The highest BCUT2D eigenvalue weighted by molar-refractivity contribution is 6.23. The largest absolute Gasteiger partial charge is 0.507 e. The molecule has 0 radical (unpaired) electrons. The summed E-state index contributed by atoms with van der Waals surface area (Å²) in [6.45, 7) is 2.34. The van der Waals surface area contributed by atoms with Gasteiger partial charge >= 0.3 is 0 Å². The number of aryl methyl sites for hydroxylation is 1. The minimum absolute atomic E-state index is 0. The number of aliphatic hydroxyl groups is 3. The Labute approximate surface area is 253 Å². The van der Waals surface area contributed by atoms with Crippen molar-refractivity contribution in [2.24, 2.45) is 17.6 Å². The molecule has 2 aliphatic carbocycles. The smallest absolute Gasteiger partial charge is 0.225 e. The number of ketones is 2. The lowest BCUT2D eigenvalue weighted by Gasteiger charge is -2.47. The molecule has 4 rings (SSSR count). The molecule has 11 nitrogen and oxygen atoms in total. The first kappa shape index (κ1) is 32.2. The summed E-state index contributed by atoms with van der Waals surface area (Å²) in [4.78, 5) is 42.6. The summed E-state index contributed by atoms with van der Waals surface area (Å²) in [5.41, 5.74) is 6.51. The summed E-state index contributed by atoms with van der Waals surface area (Å²) in [6.07, 6.45) is -0.588. The van der Waals surface area contributed by atoms with E-state index in [2.05, 4.69) is 11.4 Å². The Balaban J connectivity index is 0.00000529. The molecular formula is C32H44N4O7. The van der Waals surface area contributed by atoms with Crippen LogP contribution >= 0.6 is 0 Å². The molecule has 0 heterocycles. The third kappa shape index (κ3) is 5.90. The summed E-state index contributed by atoms with van der Waals surface area (Å²) < 4.78 is 0. The molecule has 7 N–H and O–H groups in total. The predicted molar refractivity (Wildman–Crippen MR) is 164 cm³/mol. The van der Waals surface area contributed by atoms with Crippen LogP contribution in [0, 0.1) is 18.8 Å². The van der Waals surface area contributed by atoms with E-state index in [-0.39, 0.29) is 37.7 Å². The van der Waals surface area contributed by atoms with E-state index in [0.717, 1.165) is 16.8 Å². The minimum Gasteiger partial charge on any atom is -0.507 e. The summed E-state index contributed by atoms with van der Waals surface area (Å²) in [6, 6.07) is 9.07. The van der Waals surface area contributed by atoms with Gasteiger partial charge in [0.25, 0.3) is 0 Å². The molecule has 0 saturated heterocycles. The lowest BCUT2D eigenvalue weighted by Crippen LogP contribution is -2.64. The first-order chi connectivity index (χ1) is 20.2. The normalized spacial score (nSPS) is 22.3. The molecule has 2 aliphatic rings. The monoisotopic (exact) mass is 596 g/mol. The van der Waals surface area contributed by atoms with Crippen LogP contribution in [0.2, 0.25) is 0 Å². The second-order valence-corrected chi connectivity index (χ2v) is 12.1. The van der Waals surface area contributed by atoms with E-state index in [0.29, 0.717) is 17.7 Å². The number of benzene rings is 2. The molecule has 1 amide bonds. The van der Waals surface area contributed by atoms with Crippen molar-refractivity contribution in [2.45, 2.75) is 50.9 Å². The SMILES string of the molecule is Cc1cccc(CNCc2cc(N(C)C)c3c(c2O)C(O)=C2C(=O)[C@](O)(C(=O)CC(N)=O)[C@H]([C@@H](CO)N(C)C)CC2C3)c1.[HH]. The van der Waals surface area contributed by atoms with E-state index in [1.807, 2.05) is 50.2 Å². The number of fused-ring (bicyclic) bond motifs is 2. The number of hydrogen-bond acceptors (Lipinski definition) is 10. The van der Waals surface area contributed by atoms with Gasteiger partial charge in [-0.1, -0.05) is 29.8 Å². The number of amides is 1. The van der Waals surface area contributed by atoms with E-state index in [9.17, 15) is 34.8 Å². The molecule has 43 heavy (non-hydrogen) atoms. The average Bonchev–Trinajstić information content (AvgIpc) is 2.92. The number of Topliss-reactive ketones (excluding diaryl/α,β-unsaturated/α-hetero) is 2. The first-order valence-corrected chi connectivity index (χ1v) is 14.3. The van der Waals surface area contributed by atoms with Crippen molar-refractivity contribution < 1.29 is 36.2 Å². The number of hydrogen-bond donors (Lipinski definition) is 6. The highest BCUT2D eigenvalue weighted by Gasteiger charge is 2.60. The third-order valence-electron chi connectivity index (χ3n) is 8.76. The Morgan fingerprint density at radius 1 is 1.16 bits per heavy atom. The van der Waals surface area contributed by atoms with E-state index in [1.165, 1.54) is 0 Å². The number of nitrogens with two attached hydrogens (primary N) is 1. The van der Waals surface area contributed by atoms with Crippen LogP contribution in [0.1, 0.15) is 42.1 Å². The van der Waals surface area contributed by atoms with Crippen molar-refractivity contribution >= 4 is 28.9 Å². The lowest BCUT2D eigenvalue weighted by atomic mass is 9.59. The van der Waals surface area contributed by atoms with Gasteiger partial charge in [-0.05, 0) is 57.0 Å². The van der Waals surface area contributed by atoms with Crippen molar-refractivity contribution in [3.05, 3.63) is 63.7 Å². The van der Waals surface area contributed by atoms with Gasteiger partial charge in [0.2, 0.25) is 11.7 Å². The van der Waals surface area contributed by atoms with E-state index >= 15 is 0 Å². The maximum Gasteiger partial charge on any atom is 0.225 e. The zero-order valence-corrected chi connectivity index (χ0v) is 25.3. The predicted octanol–water partition coefficient (Wildman–Crippen LogP) is 1.43. The van der Waals surface area contributed by atoms with Gasteiger partial charge in [-0.25, -0.2) is 0 Å². The van der Waals surface area contributed by atoms with Gasteiger partial charge in [0.1, 0.15) is 11.5 Å². The molecule has 1 fully saturated rings. The van der Waals surface area contributed by atoms with Crippen LogP contribution in [0.15, 0.2) is 35.9 Å².